The summed E-state index contributed by atoms with van der Waals surface area (Å²) in [5.74, 6) is -0.717. The molecule has 0 aliphatic carbocycles. The Balaban J connectivity index is 1.31. The molecular formula is C27H28F2N6O3S. The zero-order valence-corrected chi connectivity index (χ0v) is 22.0. The van der Waals surface area contributed by atoms with E-state index in [4.69, 9.17) is 4.42 Å². The zero-order valence-electron chi connectivity index (χ0n) is 21.2. The molecule has 0 unspecified atom stereocenters. The lowest BCUT2D eigenvalue weighted by atomic mass is 10.1. The second-order valence-corrected chi connectivity index (χ2v) is 11.2. The summed E-state index contributed by atoms with van der Waals surface area (Å²) in [7, 11) is -1.77. The number of nitrogens with one attached hydrogen (secondary N) is 2. The molecule has 9 nitrogen and oxygen atoms in total. The lowest BCUT2D eigenvalue weighted by Crippen LogP contribution is -2.46. The first-order valence-electron chi connectivity index (χ1n) is 12.4. The van der Waals surface area contributed by atoms with Crippen molar-refractivity contribution in [3.63, 3.8) is 0 Å². The lowest BCUT2D eigenvalue weighted by Gasteiger charge is -2.36. The van der Waals surface area contributed by atoms with Crippen LogP contribution in [-0.4, -0.2) is 53.8 Å². The van der Waals surface area contributed by atoms with Gasteiger partial charge in [0.25, 0.3) is 0 Å². The second-order valence-electron chi connectivity index (χ2n) is 9.33. The molecular weight excluding hydrogens is 526 g/mol. The summed E-state index contributed by atoms with van der Waals surface area (Å²) >= 11 is 0. The standard InChI is InChI=1S/C27H28F2N6O3S/c1-34-14-11-21(12-15-34)35(18-22-3-2-16-38-22)39(36,37)23-7-4-19(5-8-23)32-27-30-13-10-26(33-27)31-20-6-9-24(28)25(29)17-20/h2-10,13,16-17,21H,11-12,14-15,18H2,1H3,(H2,30,31,32,33). The molecule has 2 N–H and O–H groups in total. The topological polar surface area (TPSA) is 104 Å². The molecule has 12 heteroatoms. The molecule has 39 heavy (non-hydrogen) atoms. The fourth-order valence-electron chi connectivity index (χ4n) is 4.43. The molecule has 2 aromatic heterocycles. The number of rotatable bonds is 9. The first kappa shape index (κ1) is 26.7. The number of piperidine rings is 1. The van der Waals surface area contributed by atoms with Crippen molar-refractivity contribution >= 4 is 33.2 Å². The third kappa shape index (κ3) is 6.41. The van der Waals surface area contributed by atoms with Gasteiger partial charge in [-0.25, -0.2) is 22.2 Å². The molecule has 3 heterocycles. The molecule has 0 spiro atoms. The zero-order chi connectivity index (χ0) is 27.4. The highest BCUT2D eigenvalue weighted by molar-refractivity contribution is 7.89. The van der Waals surface area contributed by atoms with Crippen molar-refractivity contribution in [2.24, 2.45) is 0 Å². The van der Waals surface area contributed by atoms with E-state index in [0.717, 1.165) is 38.1 Å². The van der Waals surface area contributed by atoms with Crippen LogP contribution in [0, 0.1) is 11.6 Å². The Bertz CT molecular complexity index is 1510. The maximum Gasteiger partial charge on any atom is 0.243 e. The molecule has 1 aliphatic rings. The van der Waals surface area contributed by atoms with E-state index in [0.29, 0.717) is 23.0 Å². The van der Waals surface area contributed by atoms with Crippen molar-refractivity contribution in [2.75, 3.05) is 30.8 Å². The largest absolute Gasteiger partial charge is 0.468 e. The normalized spacial score (nSPS) is 15.0. The number of likely N-dealkylation sites (tertiary alicyclic amines) is 1. The molecule has 0 bridgehead atoms. The summed E-state index contributed by atoms with van der Waals surface area (Å²) in [6, 6.07) is 14.8. The summed E-state index contributed by atoms with van der Waals surface area (Å²) in [6.07, 6.45) is 4.52. The average molecular weight is 555 g/mol. The van der Waals surface area contributed by atoms with Gasteiger partial charge >= 0.3 is 0 Å². The van der Waals surface area contributed by atoms with Crippen LogP contribution < -0.4 is 10.6 Å². The van der Waals surface area contributed by atoms with Crippen molar-refractivity contribution in [3.05, 3.63) is 90.5 Å². The van der Waals surface area contributed by atoms with Gasteiger partial charge in [0.2, 0.25) is 16.0 Å². The van der Waals surface area contributed by atoms with Crippen LogP contribution in [0.2, 0.25) is 0 Å². The van der Waals surface area contributed by atoms with Gasteiger partial charge in [-0.2, -0.15) is 9.29 Å². The summed E-state index contributed by atoms with van der Waals surface area (Å²) in [5, 5.41) is 5.94. The van der Waals surface area contributed by atoms with Crippen LogP contribution in [0.15, 0.2) is 82.4 Å². The van der Waals surface area contributed by atoms with Gasteiger partial charge in [-0.05, 0) is 87.6 Å². The third-order valence-corrected chi connectivity index (χ3v) is 8.46. The fourth-order valence-corrected chi connectivity index (χ4v) is 6.09. The summed E-state index contributed by atoms with van der Waals surface area (Å²) in [4.78, 5) is 10.9. The van der Waals surface area contributed by atoms with Crippen LogP contribution in [-0.2, 0) is 16.6 Å². The molecule has 1 saturated heterocycles. The Kier molecular flexibility index (Phi) is 7.87. The number of aromatic nitrogens is 2. The van der Waals surface area contributed by atoms with Gasteiger partial charge in [0.05, 0.1) is 17.7 Å². The molecule has 0 amide bonds. The monoisotopic (exact) mass is 554 g/mol. The number of benzene rings is 2. The molecule has 1 aliphatic heterocycles. The molecule has 0 saturated carbocycles. The van der Waals surface area contributed by atoms with Gasteiger partial charge in [0, 0.05) is 29.7 Å². The second kappa shape index (κ2) is 11.5. The first-order chi connectivity index (χ1) is 18.8. The smallest absolute Gasteiger partial charge is 0.243 e. The fraction of sp³-hybridized carbons (Fsp3) is 0.259. The highest BCUT2D eigenvalue weighted by Crippen LogP contribution is 2.28. The Morgan fingerprint density at radius 2 is 1.74 bits per heavy atom. The predicted molar refractivity (Wildman–Crippen MR) is 143 cm³/mol. The van der Waals surface area contributed by atoms with Crippen molar-refractivity contribution in [3.8, 4) is 0 Å². The van der Waals surface area contributed by atoms with Crippen molar-refractivity contribution in [1.82, 2.24) is 19.2 Å². The summed E-state index contributed by atoms with van der Waals surface area (Å²) in [6.45, 7) is 1.80. The van der Waals surface area contributed by atoms with E-state index in [1.165, 1.54) is 16.6 Å². The maximum absolute atomic E-state index is 13.7. The Morgan fingerprint density at radius 1 is 1.00 bits per heavy atom. The van der Waals surface area contributed by atoms with Gasteiger partial charge in [-0.1, -0.05) is 0 Å². The molecule has 204 valence electrons. The minimum absolute atomic E-state index is 0.132. The van der Waals surface area contributed by atoms with Crippen LogP contribution >= 0.6 is 0 Å². The molecule has 2 aromatic carbocycles. The Labute approximate surface area is 225 Å². The van der Waals surface area contributed by atoms with Crippen LogP contribution in [0.3, 0.4) is 0 Å². The number of anilines is 4. The van der Waals surface area contributed by atoms with Gasteiger partial charge < -0.3 is 20.0 Å². The minimum atomic E-state index is -3.80. The first-order valence-corrected chi connectivity index (χ1v) is 13.9. The maximum atomic E-state index is 13.7. The van der Waals surface area contributed by atoms with Crippen LogP contribution in [0.4, 0.5) is 31.9 Å². The van der Waals surface area contributed by atoms with Gasteiger partial charge in [-0.3, -0.25) is 0 Å². The SMILES string of the molecule is CN1CCC(N(Cc2ccco2)S(=O)(=O)c2ccc(Nc3nccc(Nc4ccc(F)c(F)c4)n3)cc2)CC1. The molecule has 5 rings (SSSR count). The highest BCUT2D eigenvalue weighted by Gasteiger charge is 2.34. The van der Waals surface area contributed by atoms with Crippen LogP contribution in [0.25, 0.3) is 0 Å². The van der Waals surface area contributed by atoms with Crippen molar-refractivity contribution in [1.29, 1.82) is 0 Å². The molecule has 4 aromatic rings. The number of hydrogen-bond acceptors (Lipinski definition) is 8. The third-order valence-electron chi connectivity index (χ3n) is 6.55. The molecule has 0 atom stereocenters. The minimum Gasteiger partial charge on any atom is -0.468 e. The Hall–Kier alpha value is -3.87. The van der Waals surface area contributed by atoms with Gasteiger partial charge in [-0.15, -0.1) is 0 Å². The molecule has 1 fully saturated rings. The number of halogens is 2. The van der Waals surface area contributed by atoms with Crippen molar-refractivity contribution < 1.29 is 21.6 Å². The van der Waals surface area contributed by atoms with Gasteiger partial charge in [0.1, 0.15) is 11.6 Å². The van der Waals surface area contributed by atoms with E-state index in [2.05, 4.69) is 25.5 Å². The van der Waals surface area contributed by atoms with E-state index in [-0.39, 0.29) is 23.4 Å². The van der Waals surface area contributed by atoms with E-state index >= 15 is 0 Å². The molecule has 0 radical (unpaired) electrons. The van der Waals surface area contributed by atoms with Crippen molar-refractivity contribution in [2.45, 2.75) is 30.3 Å². The van der Waals surface area contributed by atoms with E-state index in [1.807, 2.05) is 7.05 Å². The Morgan fingerprint density at radius 3 is 2.44 bits per heavy atom. The van der Waals surface area contributed by atoms with E-state index in [9.17, 15) is 17.2 Å². The van der Waals surface area contributed by atoms with Crippen LogP contribution in [0.1, 0.15) is 18.6 Å². The number of hydrogen-bond donors (Lipinski definition) is 2. The van der Waals surface area contributed by atoms with E-state index < -0.39 is 21.7 Å². The number of furan rings is 1. The van der Waals surface area contributed by atoms with Crippen LogP contribution in [0.5, 0.6) is 0 Å². The summed E-state index contributed by atoms with van der Waals surface area (Å²) in [5.41, 5.74) is 0.910. The average Bonchev–Trinajstić information content (AvgIpc) is 3.44. The predicted octanol–water partition coefficient (Wildman–Crippen LogP) is 5.12. The van der Waals surface area contributed by atoms with E-state index in [1.54, 1.807) is 48.7 Å². The quantitative estimate of drug-likeness (QED) is 0.294. The number of sulfonamides is 1. The summed E-state index contributed by atoms with van der Waals surface area (Å²) < 4.78 is 61.2. The number of nitrogens with zero attached hydrogens (tertiary/aromatic N) is 4. The van der Waals surface area contributed by atoms with Gasteiger partial charge in [0.15, 0.2) is 11.6 Å². The highest BCUT2D eigenvalue weighted by atomic mass is 32.2. The lowest BCUT2D eigenvalue weighted by molar-refractivity contribution is 0.173.